The molecule has 0 fully saturated rings. The molecule has 0 atom stereocenters. The smallest absolute Gasteiger partial charge is 0.240 e. The number of hydrogen-bond acceptors (Lipinski definition) is 3. The lowest BCUT2D eigenvalue weighted by Gasteiger charge is -2.19. The molecule has 0 amide bonds. The van der Waals surface area contributed by atoms with Crippen molar-refractivity contribution in [3.63, 3.8) is 0 Å². The number of nitrogens with one attached hydrogen (secondary N) is 1. The Hall–Kier alpha value is -0.140. The molecule has 1 aromatic rings. The van der Waals surface area contributed by atoms with Gasteiger partial charge in [0.05, 0.1) is 4.90 Å². The lowest BCUT2D eigenvalue weighted by atomic mass is 10.1. The highest BCUT2D eigenvalue weighted by Crippen LogP contribution is 2.20. The van der Waals surface area contributed by atoms with Gasteiger partial charge in [-0.2, -0.15) is 0 Å². The largest absolute Gasteiger partial charge is 0.324 e. The number of halogens is 2. The maximum atomic E-state index is 12.0. The molecule has 0 heterocycles. The first-order valence-corrected chi connectivity index (χ1v) is 7.44. The first kappa shape index (κ1) is 17.9. The normalized spacial score (nSPS) is 12.1. The number of sulfonamides is 1. The molecule has 104 valence electrons. The monoisotopic (exact) mass is 356 g/mol. The number of rotatable bonds is 4. The third kappa shape index (κ3) is 5.24. The van der Waals surface area contributed by atoms with Crippen LogP contribution in [-0.2, 0) is 10.0 Å². The van der Waals surface area contributed by atoms with Gasteiger partial charge < -0.3 is 5.73 Å². The Balaban J connectivity index is 0.00000289. The van der Waals surface area contributed by atoms with Crippen LogP contribution in [0.25, 0.3) is 0 Å². The van der Waals surface area contributed by atoms with Gasteiger partial charge >= 0.3 is 0 Å². The predicted molar refractivity (Wildman–Crippen MR) is 79.6 cm³/mol. The lowest BCUT2D eigenvalue weighted by molar-refractivity contribution is 0.498. The third-order valence-corrected chi connectivity index (χ3v) is 4.42. The van der Waals surface area contributed by atoms with Crippen molar-refractivity contribution < 1.29 is 8.42 Å². The van der Waals surface area contributed by atoms with Crippen molar-refractivity contribution in [2.75, 3.05) is 6.54 Å². The molecule has 0 aliphatic rings. The summed E-state index contributed by atoms with van der Waals surface area (Å²) in [6.07, 6.45) is 0. The van der Waals surface area contributed by atoms with Crippen LogP contribution in [0.1, 0.15) is 19.4 Å². The van der Waals surface area contributed by atoms with E-state index in [1.807, 2.05) is 6.92 Å². The molecule has 0 spiro atoms. The molecule has 1 rings (SSSR count). The molecule has 0 aliphatic carbocycles. The summed E-state index contributed by atoms with van der Waals surface area (Å²) in [6, 6.07) is 4.92. The summed E-state index contributed by atoms with van der Waals surface area (Å²) in [6.45, 7) is 5.62. The molecule has 0 unspecified atom stereocenters. The van der Waals surface area contributed by atoms with Crippen molar-refractivity contribution in [1.29, 1.82) is 0 Å². The molecular formula is C11H18BrClN2O2S. The van der Waals surface area contributed by atoms with E-state index in [0.29, 0.717) is 0 Å². The highest BCUT2D eigenvalue weighted by Gasteiger charge is 2.19. The van der Waals surface area contributed by atoms with Gasteiger partial charge in [-0.15, -0.1) is 12.4 Å². The molecule has 0 saturated carbocycles. The zero-order valence-corrected chi connectivity index (χ0v) is 13.7. The first-order valence-electron chi connectivity index (χ1n) is 5.16. The van der Waals surface area contributed by atoms with E-state index in [4.69, 9.17) is 5.73 Å². The lowest BCUT2D eigenvalue weighted by Crippen LogP contribution is -2.45. The zero-order chi connectivity index (χ0) is 13.3. The Kier molecular flexibility index (Phi) is 6.29. The van der Waals surface area contributed by atoms with E-state index in [2.05, 4.69) is 20.7 Å². The first-order chi connectivity index (χ1) is 7.62. The Morgan fingerprint density at radius 2 is 1.94 bits per heavy atom. The second kappa shape index (κ2) is 6.34. The van der Waals surface area contributed by atoms with Gasteiger partial charge in [0.25, 0.3) is 0 Å². The van der Waals surface area contributed by atoms with E-state index in [-0.39, 0.29) is 23.8 Å². The Morgan fingerprint density at radius 3 is 2.39 bits per heavy atom. The maximum Gasteiger partial charge on any atom is 0.240 e. The summed E-state index contributed by atoms with van der Waals surface area (Å²) in [7, 11) is -3.49. The van der Waals surface area contributed by atoms with E-state index in [0.717, 1.165) is 10.0 Å². The van der Waals surface area contributed by atoms with Gasteiger partial charge in [-0.1, -0.05) is 22.0 Å². The van der Waals surface area contributed by atoms with Crippen LogP contribution in [0.4, 0.5) is 0 Å². The van der Waals surface area contributed by atoms with Crippen LogP contribution in [0.3, 0.4) is 0 Å². The Bertz CT molecular complexity index is 512. The van der Waals surface area contributed by atoms with E-state index < -0.39 is 15.6 Å². The van der Waals surface area contributed by atoms with Gasteiger partial charge in [-0.25, -0.2) is 13.1 Å². The summed E-state index contributed by atoms with van der Waals surface area (Å²) in [5, 5.41) is 0. The van der Waals surface area contributed by atoms with Crippen LogP contribution in [0, 0.1) is 6.92 Å². The van der Waals surface area contributed by atoms with Crippen LogP contribution < -0.4 is 10.5 Å². The highest BCUT2D eigenvalue weighted by atomic mass is 79.9. The van der Waals surface area contributed by atoms with Crippen molar-refractivity contribution in [1.82, 2.24) is 4.72 Å². The van der Waals surface area contributed by atoms with Gasteiger partial charge in [-0.05, 0) is 38.5 Å². The van der Waals surface area contributed by atoms with E-state index in [9.17, 15) is 8.42 Å². The average molecular weight is 358 g/mol. The topological polar surface area (TPSA) is 72.2 Å². The van der Waals surface area contributed by atoms with Crippen molar-refractivity contribution in [3.05, 3.63) is 28.2 Å². The number of nitrogens with two attached hydrogens (primary N) is 1. The molecule has 0 bridgehead atoms. The van der Waals surface area contributed by atoms with Gasteiger partial charge in [0, 0.05) is 16.6 Å². The maximum absolute atomic E-state index is 12.0. The van der Waals surface area contributed by atoms with Crippen molar-refractivity contribution in [2.45, 2.75) is 31.2 Å². The van der Waals surface area contributed by atoms with Crippen LogP contribution in [0.2, 0.25) is 0 Å². The van der Waals surface area contributed by atoms with Gasteiger partial charge in [0.2, 0.25) is 10.0 Å². The molecule has 0 saturated heterocycles. The summed E-state index contributed by atoms with van der Waals surface area (Å²) < 4.78 is 27.2. The molecule has 0 radical (unpaired) electrons. The minimum absolute atomic E-state index is 0. The van der Waals surface area contributed by atoms with E-state index in [1.165, 1.54) is 0 Å². The SMILES string of the molecule is Cc1ccc(S(=O)(=O)NCC(C)(C)N)cc1Br.Cl. The molecule has 0 aliphatic heterocycles. The molecule has 4 nitrogen and oxygen atoms in total. The van der Waals surface area contributed by atoms with Gasteiger partial charge in [-0.3, -0.25) is 0 Å². The molecule has 1 aromatic carbocycles. The molecule has 0 aromatic heterocycles. The predicted octanol–water partition coefficient (Wildman–Crippen LogP) is 2.19. The van der Waals surface area contributed by atoms with Crippen molar-refractivity contribution >= 4 is 38.4 Å². The molecule has 7 heteroatoms. The van der Waals surface area contributed by atoms with Gasteiger partial charge in [0.1, 0.15) is 0 Å². The third-order valence-electron chi connectivity index (χ3n) is 2.17. The molecule has 3 N–H and O–H groups in total. The second-order valence-electron chi connectivity index (χ2n) is 4.72. The summed E-state index contributed by atoms with van der Waals surface area (Å²) in [5.74, 6) is 0. The van der Waals surface area contributed by atoms with Crippen LogP contribution >= 0.6 is 28.3 Å². The van der Waals surface area contributed by atoms with Crippen LogP contribution in [0.5, 0.6) is 0 Å². The van der Waals surface area contributed by atoms with Gasteiger partial charge in [0.15, 0.2) is 0 Å². The zero-order valence-electron chi connectivity index (χ0n) is 10.5. The number of hydrogen-bond donors (Lipinski definition) is 2. The summed E-state index contributed by atoms with van der Waals surface area (Å²) >= 11 is 3.31. The standard InChI is InChI=1S/C11H17BrN2O2S.ClH/c1-8-4-5-9(6-10(8)12)17(15,16)14-7-11(2,3)13;/h4-6,14H,7,13H2,1-3H3;1H. The van der Waals surface area contributed by atoms with E-state index >= 15 is 0 Å². The van der Waals surface area contributed by atoms with E-state index in [1.54, 1.807) is 32.0 Å². The Labute approximate surface area is 123 Å². The Morgan fingerprint density at radius 1 is 1.39 bits per heavy atom. The van der Waals surface area contributed by atoms with Crippen molar-refractivity contribution in [3.8, 4) is 0 Å². The number of benzene rings is 1. The fourth-order valence-corrected chi connectivity index (χ4v) is 2.88. The second-order valence-corrected chi connectivity index (χ2v) is 7.35. The average Bonchev–Trinajstić information content (AvgIpc) is 2.18. The number of aryl methyl sites for hydroxylation is 1. The fraction of sp³-hybridized carbons (Fsp3) is 0.455. The molecular weight excluding hydrogens is 340 g/mol. The summed E-state index contributed by atoms with van der Waals surface area (Å²) in [4.78, 5) is 0.235. The van der Waals surface area contributed by atoms with Crippen LogP contribution in [0.15, 0.2) is 27.6 Å². The summed E-state index contributed by atoms with van der Waals surface area (Å²) in [5.41, 5.74) is 6.15. The fourth-order valence-electron chi connectivity index (χ4n) is 1.11. The minimum Gasteiger partial charge on any atom is -0.324 e. The van der Waals surface area contributed by atoms with Crippen LogP contribution in [-0.4, -0.2) is 20.5 Å². The highest BCUT2D eigenvalue weighted by molar-refractivity contribution is 9.10. The quantitative estimate of drug-likeness (QED) is 0.867. The van der Waals surface area contributed by atoms with Crippen molar-refractivity contribution in [2.24, 2.45) is 5.73 Å². The minimum atomic E-state index is -3.49. The molecule has 18 heavy (non-hydrogen) atoms.